The number of benzene rings is 2. The number of hydrogen-bond acceptors (Lipinski definition) is 4. The van der Waals surface area contributed by atoms with Crippen molar-refractivity contribution in [1.82, 2.24) is 9.62 Å². The summed E-state index contributed by atoms with van der Waals surface area (Å²) in [4.78, 5) is 12.6. The topological polar surface area (TPSA) is 90.3 Å². The molecule has 1 N–H and O–H groups in total. The highest BCUT2D eigenvalue weighted by Crippen LogP contribution is 2.26. The smallest absolute Gasteiger partial charge is 0.244 e. The van der Waals surface area contributed by atoms with E-state index < -0.39 is 21.9 Å². The lowest BCUT2D eigenvalue weighted by molar-refractivity contribution is -0.124. The predicted octanol–water partition coefficient (Wildman–Crippen LogP) is 3.21. The highest BCUT2D eigenvalue weighted by Gasteiger charge is 2.36. The molecular formula is C20H19ClFN3O3S. The number of carbonyl (C=O) groups is 1. The number of halogens is 2. The molecule has 6 nitrogen and oxygen atoms in total. The summed E-state index contributed by atoms with van der Waals surface area (Å²) < 4.78 is 41.6. The van der Waals surface area contributed by atoms with Gasteiger partial charge in [-0.15, -0.1) is 0 Å². The molecule has 29 heavy (non-hydrogen) atoms. The van der Waals surface area contributed by atoms with E-state index in [1.807, 2.05) is 0 Å². The van der Waals surface area contributed by atoms with Gasteiger partial charge in [0.25, 0.3) is 0 Å². The summed E-state index contributed by atoms with van der Waals surface area (Å²) in [6.45, 7) is 0.317. The minimum absolute atomic E-state index is 0.00145. The normalized spacial score (nSPS) is 17.4. The molecule has 2 aromatic rings. The van der Waals surface area contributed by atoms with Gasteiger partial charge in [0, 0.05) is 18.1 Å². The molecule has 0 bridgehead atoms. The molecule has 0 aliphatic carbocycles. The molecule has 1 atom stereocenters. The van der Waals surface area contributed by atoms with Gasteiger partial charge in [-0.1, -0.05) is 17.7 Å². The van der Waals surface area contributed by atoms with Crippen molar-refractivity contribution in [2.75, 3.05) is 6.54 Å². The molecule has 9 heteroatoms. The van der Waals surface area contributed by atoms with Crippen molar-refractivity contribution >= 4 is 27.5 Å². The van der Waals surface area contributed by atoms with E-state index in [9.17, 15) is 17.6 Å². The summed E-state index contributed by atoms with van der Waals surface area (Å²) in [6.07, 6.45) is 1.81. The Kier molecular flexibility index (Phi) is 6.52. The van der Waals surface area contributed by atoms with Crippen LogP contribution in [-0.4, -0.2) is 31.2 Å². The minimum atomic E-state index is -4.06. The largest absolute Gasteiger partial charge is 0.355 e. The highest BCUT2D eigenvalue weighted by atomic mass is 35.5. The first kappa shape index (κ1) is 21.2. The maximum absolute atomic E-state index is 13.7. The Morgan fingerprint density at radius 1 is 1.21 bits per heavy atom. The lowest BCUT2D eigenvalue weighted by Gasteiger charge is -2.29. The van der Waals surface area contributed by atoms with Crippen LogP contribution in [0.4, 0.5) is 4.39 Å². The zero-order valence-corrected chi connectivity index (χ0v) is 17.0. The van der Waals surface area contributed by atoms with Crippen LogP contribution in [0.15, 0.2) is 47.4 Å². The summed E-state index contributed by atoms with van der Waals surface area (Å²) in [6, 6.07) is 10.4. The molecule has 1 aliphatic rings. The Bertz CT molecular complexity index is 1050. The molecule has 0 saturated carbocycles. The van der Waals surface area contributed by atoms with Gasteiger partial charge in [0.2, 0.25) is 15.9 Å². The van der Waals surface area contributed by atoms with Crippen LogP contribution in [0.1, 0.15) is 30.4 Å². The number of nitriles is 1. The van der Waals surface area contributed by atoms with Gasteiger partial charge < -0.3 is 5.32 Å². The third-order valence-corrected chi connectivity index (χ3v) is 6.88. The third-order valence-electron chi connectivity index (χ3n) is 4.76. The Hall–Kier alpha value is -2.47. The van der Waals surface area contributed by atoms with Gasteiger partial charge in [-0.25, -0.2) is 12.8 Å². The maximum Gasteiger partial charge on any atom is 0.244 e. The zero-order valence-electron chi connectivity index (χ0n) is 15.4. The first-order chi connectivity index (χ1) is 13.8. The molecule has 0 radical (unpaired) electrons. The Morgan fingerprint density at radius 2 is 1.93 bits per heavy atom. The molecule has 1 heterocycles. The molecule has 1 aliphatic heterocycles. The Balaban J connectivity index is 2.05. The van der Waals surface area contributed by atoms with E-state index in [2.05, 4.69) is 5.32 Å². The van der Waals surface area contributed by atoms with Gasteiger partial charge in [0.1, 0.15) is 17.9 Å². The van der Waals surface area contributed by atoms with Crippen molar-refractivity contribution in [3.63, 3.8) is 0 Å². The second-order valence-corrected chi connectivity index (χ2v) is 9.06. The molecule has 1 amide bonds. The second-order valence-electron chi connectivity index (χ2n) is 6.73. The summed E-state index contributed by atoms with van der Waals surface area (Å²) in [5.74, 6) is -1.06. The van der Waals surface area contributed by atoms with Crippen molar-refractivity contribution in [3.8, 4) is 6.07 Å². The quantitative estimate of drug-likeness (QED) is 0.780. The molecule has 0 aromatic heterocycles. The van der Waals surface area contributed by atoms with E-state index >= 15 is 0 Å². The van der Waals surface area contributed by atoms with Gasteiger partial charge in [0.05, 0.1) is 10.5 Å². The fourth-order valence-corrected chi connectivity index (χ4v) is 4.97. The SMILES string of the molecule is N#Cc1cc(CN([C@H]2CCCCNC2=O)S(=O)(=O)c2ccc(Cl)cc2)ccc1F. The molecule has 1 fully saturated rings. The first-order valence-corrected chi connectivity index (χ1v) is 10.9. The number of rotatable bonds is 5. The Labute approximate surface area is 173 Å². The van der Waals surface area contributed by atoms with Crippen LogP contribution in [0.2, 0.25) is 5.02 Å². The summed E-state index contributed by atoms with van der Waals surface area (Å²) in [5, 5.41) is 12.2. The van der Waals surface area contributed by atoms with Crippen LogP contribution in [0.5, 0.6) is 0 Å². The molecule has 0 unspecified atom stereocenters. The van der Waals surface area contributed by atoms with Gasteiger partial charge in [-0.05, 0) is 61.2 Å². The van der Waals surface area contributed by atoms with E-state index in [1.165, 1.54) is 36.4 Å². The lowest BCUT2D eigenvalue weighted by atomic mass is 10.1. The summed E-state index contributed by atoms with van der Waals surface area (Å²) >= 11 is 5.87. The van der Waals surface area contributed by atoms with E-state index in [1.54, 1.807) is 6.07 Å². The maximum atomic E-state index is 13.7. The van der Waals surface area contributed by atoms with Gasteiger partial charge in [-0.3, -0.25) is 4.79 Å². The molecule has 152 valence electrons. The van der Waals surface area contributed by atoms with Crippen molar-refractivity contribution in [1.29, 1.82) is 5.26 Å². The van der Waals surface area contributed by atoms with Crippen molar-refractivity contribution in [2.24, 2.45) is 0 Å². The third kappa shape index (κ3) is 4.75. The van der Waals surface area contributed by atoms with Crippen LogP contribution >= 0.6 is 11.6 Å². The van der Waals surface area contributed by atoms with Crippen molar-refractivity contribution < 1.29 is 17.6 Å². The molecule has 0 spiro atoms. The molecular weight excluding hydrogens is 417 g/mol. The van der Waals surface area contributed by atoms with Gasteiger partial charge in [-0.2, -0.15) is 9.57 Å². The molecule has 3 rings (SSSR count). The number of nitrogens with zero attached hydrogens (tertiary/aromatic N) is 2. The van der Waals surface area contributed by atoms with Crippen LogP contribution in [0.25, 0.3) is 0 Å². The summed E-state index contributed by atoms with van der Waals surface area (Å²) in [5.41, 5.74) is 0.231. The zero-order chi connectivity index (χ0) is 21.0. The highest BCUT2D eigenvalue weighted by molar-refractivity contribution is 7.89. The number of nitrogens with one attached hydrogen (secondary N) is 1. The fourth-order valence-electron chi connectivity index (χ4n) is 3.24. The monoisotopic (exact) mass is 435 g/mol. The average molecular weight is 436 g/mol. The Morgan fingerprint density at radius 3 is 2.62 bits per heavy atom. The minimum Gasteiger partial charge on any atom is -0.355 e. The standard InChI is InChI=1S/C20H19ClFN3O3S/c21-16-5-7-17(8-6-16)29(27,28)25(19-3-1-2-10-24-20(19)26)13-14-4-9-18(22)15(11-14)12-23/h4-9,11,19H,1-3,10,13H2,(H,24,26)/t19-/m0/s1. The average Bonchev–Trinajstić information content (AvgIpc) is 2.91. The van der Waals surface area contributed by atoms with E-state index in [0.717, 1.165) is 16.8 Å². The molecule has 2 aromatic carbocycles. The molecule has 1 saturated heterocycles. The van der Waals surface area contributed by atoms with Gasteiger partial charge >= 0.3 is 0 Å². The number of carbonyl (C=O) groups excluding carboxylic acids is 1. The van der Waals surface area contributed by atoms with Crippen molar-refractivity contribution in [3.05, 3.63) is 64.4 Å². The fraction of sp³-hybridized carbons (Fsp3) is 0.300. The van der Waals surface area contributed by atoms with Crippen LogP contribution in [-0.2, 0) is 21.4 Å². The number of sulfonamides is 1. The summed E-state index contributed by atoms with van der Waals surface area (Å²) in [7, 11) is -4.06. The van der Waals surface area contributed by atoms with E-state index in [4.69, 9.17) is 16.9 Å². The van der Waals surface area contributed by atoms with Crippen molar-refractivity contribution in [2.45, 2.75) is 36.7 Å². The van der Waals surface area contributed by atoms with Gasteiger partial charge in [0.15, 0.2) is 0 Å². The van der Waals surface area contributed by atoms with Crippen LogP contribution < -0.4 is 5.32 Å². The van der Waals surface area contributed by atoms with E-state index in [0.29, 0.717) is 30.0 Å². The predicted molar refractivity (Wildman–Crippen MR) is 106 cm³/mol. The number of hydrogen-bond donors (Lipinski definition) is 1. The first-order valence-electron chi connectivity index (χ1n) is 9.06. The number of amides is 1. The van der Waals surface area contributed by atoms with Crippen LogP contribution in [0.3, 0.4) is 0 Å². The van der Waals surface area contributed by atoms with E-state index in [-0.39, 0.29) is 22.9 Å². The second kappa shape index (κ2) is 8.91. The lowest BCUT2D eigenvalue weighted by Crippen LogP contribution is -2.48. The van der Waals surface area contributed by atoms with Crippen LogP contribution in [0, 0.1) is 17.1 Å².